The van der Waals surface area contributed by atoms with Crippen LogP contribution in [0, 0.1) is 12.7 Å². The summed E-state index contributed by atoms with van der Waals surface area (Å²) in [6.45, 7) is 1.94. The predicted molar refractivity (Wildman–Crippen MR) is 97.5 cm³/mol. The highest BCUT2D eigenvalue weighted by atomic mass is 35.5. The van der Waals surface area contributed by atoms with E-state index in [1.54, 1.807) is 6.07 Å². The first-order valence-electron chi connectivity index (χ1n) is 7.46. The minimum Gasteiger partial charge on any atom is -0.267 e. The van der Waals surface area contributed by atoms with Crippen LogP contribution in [0.1, 0.15) is 11.1 Å². The topological polar surface area (TPSA) is 47.3 Å². The van der Waals surface area contributed by atoms with Crippen molar-refractivity contribution in [3.05, 3.63) is 79.3 Å². The highest BCUT2D eigenvalue weighted by molar-refractivity contribution is 7.15. The van der Waals surface area contributed by atoms with Crippen LogP contribution in [0.2, 0.25) is 5.02 Å². The summed E-state index contributed by atoms with van der Waals surface area (Å²) < 4.78 is 15.8. The van der Waals surface area contributed by atoms with E-state index in [0.29, 0.717) is 15.3 Å². The molecule has 4 nitrogen and oxygen atoms in total. The van der Waals surface area contributed by atoms with Gasteiger partial charge in [0.1, 0.15) is 5.82 Å². The summed E-state index contributed by atoms with van der Waals surface area (Å²) in [4.78, 5) is 13.3. The van der Waals surface area contributed by atoms with Crippen molar-refractivity contribution < 1.29 is 4.39 Å². The van der Waals surface area contributed by atoms with Crippen molar-refractivity contribution in [2.75, 3.05) is 0 Å². The molecule has 0 aliphatic carbocycles. The fraction of sp³-hybridized carbons (Fsp3) is 0.0556. The smallest absolute Gasteiger partial charge is 0.267 e. The zero-order valence-electron chi connectivity index (χ0n) is 13.0. The second kappa shape index (κ2) is 6.06. The van der Waals surface area contributed by atoms with Gasteiger partial charge < -0.3 is 0 Å². The molecule has 2 aromatic heterocycles. The third kappa shape index (κ3) is 2.63. The molecule has 0 spiro atoms. The highest BCUT2D eigenvalue weighted by Gasteiger charge is 2.16. The summed E-state index contributed by atoms with van der Waals surface area (Å²) in [5, 5.41) is 8.48. The minimum atomic E-state index is -0.477. The first-order valence-corrected chi connectivity index (χ1v) is 8.65. The average Bonchev–Trinajstić information content (AvgIpc) is 3.13. The molecule has 7 heteroatoms. The van der Waals surface area contributed by atoms with Crippen LogP contribution in [-0.2, 0) is 0 Å². The third-order valence-electron chi connectivity index (χ3n) is 3.91. The molecule has 0 fully saturated rings. The van der Waals surface area contributed by atoms with Crippen LogP contribution < -0.4 is 10.1 Å². The zero-order valence-corrected chi connectivity index (χ0v) is 14.6. The lowest BCUT2D eigenvalue weighted by Gasteiger charge is -2.01. The fourth-order valence-corrected chi connectivity index (χ4v) is 3.75. The number of aryl methyl sites for hydroxylation is 1. The Morgan fingerprint density at radius 2 is 1.96 bits per heavy atom. The normalized spacial score (nSPS) is 12.2. The summed E-state index contributed by atoms with van der Waals surface area (Å²) in [7, 11) is 0. The Morgan fingerprint density at radius 3 is 2.72 bits per heavy atom. The van der Waals surface area contributed by atoms with Crippen LogP contribution in [0.4, 0.5) is 4.39 Å². The van der Waals surface area contributed by atoms with Crippen LogP contribution in [0.3, 0.4) is 0 Å². The van der Waals surface area contributed by atoms with Crippen molar-refractivity contribution in [3.63, 3.8) is 0 Å². The Morgan fingerprint density at radius 1 is 1.16 bits per heavy atom. The van der Waals surface area contributed by atoms with E-state index in [1.165, 1.54) is 22.6 Å². The maximum atomic E-state index is 14.0. The van der Waals surface area contributed by atoms with Gasteiger partial charge >= 0.3 is 0 Å². The largest absolute Gasteiger partial charge is 0.276 e. The number of halogens is 2. The molecule has 0 saturated heterocycles. The van der Waals surface area contributed by atoms with Gasteiger partial charge in [-0.15, -0.1) is 10.2 Å². The van der Waals surface area contributed by atoms with Crippen LogP contribution in [0.15, 0.2) is 47.3 Å². The number of nitrogens with zero attached hydrogens (tertiary/aromatic N) is 3. The molecule has 2 heterocycles. The van der Waals surface area contributed by atoms with Crippen molar-refractivity contribution in [3.8, 4) is 11.4 Å². The molecule has 0 unspecified atom stereocenters. The molecule has 0 aliphatic heterocycles. The van der Waals surface area contributed by atoms with E-state index in [1.807, 2.05) is 31.2 Å². The maximum absolute atomic E-state index is 14.0. The van der Waals surface area contributed by atoms with Gasteiger partial charge in [-0.1, -0.05) is 53.3 Å². The van der Waals surface area contributed by atoms with Crippen molar-refractivity contribution in [2.24, 2.45) is 0 Å². The first kappa shape index (κ1) is 15.9. The van der Waals surface area contributed by atoms with Gasteiger partial charge in [0.2, 0.25) is 4.96 Å². The zero-order chi connectivity index (χ0) is 17.6. The lowest BCUT2D eigenvalue weighted by Crippen LogP contribution is -2.23. The minimum absolute atomic E-state index is 0.191. The van der Waals surface area contributed by atoms with E-state index in [2.05, 4.69) is 10.2 Å². The molecule has 0 atom stereocenters. The van der Waals surface area contributed by atoms with Gasteiger partial charge in [-0.25, -0.2) is 8.79 Å². The van der Waals surface area contributed by atoms with Crippen molar-refractivity contribution >= 4 is 34.0 Å². The summed E-state index contributed by atoms with van der Waals surface area (Å²) in [6.07, 6.45) is 1.46. The Bertz CT molecular complexity index is 1190. The van der Waals surface area contributed by atoms with Gasteiger partial charge in [0.25, 0.3) is 5.56 Å². The summed E-state index contributed by atoms with van der Waals surface area (Å²) in [5.41, 5.74) is 1.73. The molecule has 4 rings (SSSR count). The molecule has 124 valence electrons. The van der Waals surface area contributed by atoms with Gasteiger partial charge in [-0.3, -0.25) is 4.79 Å². The molecule has 0 bridgehead atoms. The van der Waals surface area contributed by atoms with Crippen molar-refractivity contribution in [1.29, 1.82) is 0 Å². The quantitative estimate of drug-likeness (QED) is 0.542. The molecule has 0 N–H and O–H groups in total. The number of hydrogen-bond acceptors (Lipinski definition) is 4. The lowest BCUT2D eigenvalue weighted by molar-refractivity contribution is 0.625. The van der Waals surface area contributed by atoms with E-state index >= 15 is 0 Å². The van der Waals surface area contributed by atoms with Crippen LogP contribution in [0.25, 0.3) is 22.4 Å². The van der Waals surface area contributed by atoms with Gasteiger partial charge in [-0.2, -0.15) is 0 Å². The van der Waals surface area contributed by atoms with E-state index in [9.17, 15) is 9.18 Å². The number of benzene rings is 2. The maximum Gasteiger partial charge on any atom is 0.276 e. The number of rotatable bonds is 2. The van der Waals surface area contributed by atoms with E-state index < -0.39 is 5.82 Å². The molecule has 0 radical (unpaired) electrons. The van der Waals surface area contributed by atoms with Gasteiger partial charge in [0.05, 0.1) is 9.55 Å². The number of aromatic nitrogens is 3. The van der Waals surface area contributed by atoms with Gasteiger partial charge in [0.15, 0.2) is 5.82 Å². The molecule has 0 saturated carbocycles. The van der Waals surface area contributed by atoms with Crippen LogP contribution in [0.5, 0.6) is 0 Å². The molecular weight excluding hydrogens is 361 g/mol. The molecular formula is C18H11ClFN3OS. The summed E-state index contributed by atoms with van der Waals surface area (Å²) >= 11 is 7.20. The van der Waals surface area contributed by atoms with Gasteiger partial charge in [0, 0.05) is 11.1 Å². The Hall–Kier alpha value is -2.57. The van der Waals surface area contributed by atoms with Crippen molar-refractivity contribution in [2.45, 2.75) is 6.92 Å². The average molecular weight is 372 g/mol. The first-order chi connectivity index (χ1) is 12.1. The Kier molecular flexibility index (Phi) is 3.86. The molecule has 0 amide bonds. The van der Waals surface area contributed by atoms with E-state index in [0.717, 1.165) is 22.5 Å². The molecule has 0 aliphatic rings. The van der Waals surface area contributed by atoms with E-state index in [4.69, 9.17) is 11.6 Å². The predicted octanol–water partition coefficient (Wildman–Crippen LogP) is 3.47. The Balaban J connectivity index is 1.98. The van der Waals surface area contributed by atoms with Crippen molar-refractivity contribution in [1.82, 2.24) is 14.6 Å². The second-order valence-electron chi connectivity index (χ2n) is 5.51. The molecule has 4 aromatic rings. The lowest BCUT2D eigenvalue weighted by atomic mass is 10.1. The monoisotopic (exact) mass is 371 g/mol. The fourth-order valence-electron chi connectivity index (χ4n) is 2.64. The second-order valence-corrected chi connectivity index (χ2v) is 6.92. The number of thiazole rings is 1. The number of hydrogen-bond donors (Lipinski definition) is 0. The summed E-state index contributed by atoms with van der Waals surface area (Å²) in [6, 6.07) is 12.0. The highest BCUT2D eigenvalue weighted by Crippen LogP contribution is 2.22. The van der Waals surface area contributed by atoms with Crippen LogP contribution in [-0.4, -0.2) is 14.6 Å². The number of fused-ring (bicyclic) bond motifs is 1. The summed E-state index contributed by atoms with van der Waals surface area (Å²) in [5.74, 6) is 0.00354. The van der Waals surface area contributed by atoms with Crippen LogP contribution >= 0.6 is 22.9 Å². The molecule has 2 aromatic carbocycles. The standard InChI is InChI=1S/C18H11ClFN3OS/c1-10-5-2-3-6-11(10)16-21-22-18-23(16)17(24)15(25-18)9-12-13(19)7-4-8-14(12)20/h2-9H,1H3. The molecule has 25 heavy (non-hydrogen) atoms. The van der Waals surface area contributed by atoms with E-state index in [-0.39, 0.29) is 16.1 Å². The van der Waals surface area contributed by atoms with Gasteiger partial charge in [-0.05, 0) is 30.7 Å². The Labute approximate surface area is 150 Å². The SMILES string of the molecule is Cc1ccccc1-c1nnc2sc(=Cc3c(F)cccc3Cl)c(=O)n12. The third-order valence-corrected chi connectivity index (χ3v) is 5.20.